The molecule has 0 fully saturated rings. The number of anilines is 1. The Balaban J connectivity index is 2.05. The van der Waals surface area contributed by atoms with Gasteiger partial charge < -0.3 is 9.87 Å². The van der Waals surface area contributed by atoms with Gasteiger partial charge in [-0.2, -0.15) is 18.4 Å². The van der Waals surface area contributed by atoms with E-state index in [4.69, 9.17) is 23.2 Å². The molecule has 0 saturated heterocycles. The number of hydrogen-bond acceptors (Lipinski definition) is 6. The molecule has 1 heterocycles. The van der Waals surface area contributed by atoms with Crippen molar-refractivity contribution in [1.29, 1.82) is 5.26 Å². The maximum Gasteiger partial charge on any atom is 0.416 e. The number of rotatable bonds is 7. The number of aromatic nitrogens is 2. The first kappa shape index (κ1) is 26.2. The highest BCUT2D eigenvalue weighted by Gasteiger charge is 2.34. The van der Waals surface area contributed by atoms with Gasteiger partial charge in [-0.05, 0) is 35.4 Å². The Hall–Kier alpha value is -2.43. The molecule has 1 N–H and O–H groups in total. The zero-order chi connectivity index (χ0) is 25.3. The van der Waals surface area contributed by atoms with Crippen LogP contribution in [0.15, 0.2) is 52.3 Å². The zero-order valence-electron chi connectivity index (χ0n) is 17.2. The van der Waals surface area contributed by atoms with Crippen LogP contribution in [-0.4, -0.2) is 41.3 Å². The second-order valence-corrected chi connectivity index (χ2v) is 11.1. The first-order valence-electron chi connectivity index (χ1n) is 9.31. The Morgan fingerprint density at radius 1 is 1.21 bits per heavy atom. The van der Waals surface area contributed by atoms with E-state index in [2.05, 4.69) is 10.4 Å². The molecule has 1 aromatic heterocycles. The Labute approximate surface area is 206 Å². The van der Waals surface area contributed by atoms with Crippen LogP contribution in [0.2, 0.25) is 10.0 Å². The fraction of sp³-hybridized carbons (Fsp3) is 0.200. The van der Waals surface area contributed by atoms with Crippen molar-refractivity contribution in [3.63, 3.8) is 0 Å². The van der Waals surface area contributed by atoms with Crippen molar-refractivity contribution >= 4 is 50.0 Å². The number of benzene rings is 2. The van der Waals surface area contributed by atoms with E-state index >= 15 is 0 Å². The number of halogens is 5. The summed E-state index contributed by atoms with van der Waals surface area (Å²) in [6, 6.07) is 10.7. The third-order valence-electron chi connectivity index (χ3n) is 4.56. The van der Waals surface area contributed by atoms with E-state index in [0.29, 0.717) is 12.1 Å². The summed E-state index contributed by atoms with van der Waals surface area (Å²) in [6.07, 6.45) is -3.44. The van der Waals surface area contributed by atoms with Crippen molar-refractivity contribution in [2.45, 2.75) is 16.0 Å². The topological polar surface area (TPSA) is 111 Å². The Morgan fingerprint density at radius 2 is 1.79 bits per heavy atom. The van der Waals surface area contributed by atoms with Gasteiger partial charge in [0.05, 0.1) is 26.3 Å². The summed E-state index contributed by atoms with van der Waals surface area (Å²) in [5, 5.41) is 15.4. The van der Waals surface area contributed by atoms with Gasteiger partial charge in [0, 0.05) is 6.54 Å². The Bertz CT molecular complexity index is 1330. The summed E-state index contributed by atoms with van der Waals surface area (Å²) < 4.78 is 77.8. The SMILES string of the molecule is C[S+]([O-])c1c(C#N)nn(-c2c(Cl)cc(C(F)(F)F)cc2Cl)c1NCCS(=O)(=O)c1ccccc1. The fourth-order valence-electron chi connectivity index (χ4n) is 3.05. The summed E-state index contributed by atoms with van der Waals surface area (Å²) in [5.74, 6) is -0.460. The van der Waals surface area contributed by atoms with Gasteiger partial charge in [-0.1, -0.05) is 41.4 Å². The summed E-state index contributed by atoms with van der Waals surface area (Å²) in [4.78, 5) is 0.0165. The minimum absolute atomic E-state index is 0.0772. The molecular weight excluding hydrogens is 536 g/mol. The number of nitrogens with one attached hydrogen (secondary N) is 1. The van der Waals surface area contributed by atoms with Crippen LogP contribution < -0.4 is 5.32 Å². The summed E-state index contributed by atoms with van der Waals surface area (Å²) >= 11 is 10.4. The molecule has 3 rings (SSSR count). The largest absolute Gasteiger partial charge is 0.611 e. The van der Waals surface area contributed by atoms with Crippen LogP contribution >= 0.6 is 23.2 Å². The minimum Gasteiger partial charge on any atom is -0.611 e. The summed E-state index contributed by atoms with van der Waals surface area (Å²) in [5.41, 5.74) is -1.58. The number of nitrogens with zero attached hydrogens (tertiary/aromatic N) is 3. The average molecular weight is 551 g/mol. The molecular formula is C20H15Cl2F3N4O3S2. The van der Waals surface area contributed by atoms with Crippen molar-refractivity contribution in [2.75, 3.05) is 23.9 Å². The maximum absolute atomic E-state index is 13.1. The number of hydrogen-bond donors (Lipinski definition) is 1. The number of sulfone groups is 1. The first-order chi connectivity index (χ1) is 15.9. The van der Waals surface area contributed by atoms with Gasteiger partial charge in [-0.25, -0.2) is 13.1 Å². The third kappa shape index (κ3) is 5.45. The molecule has 0 radical (unpaired) electrons. The smallest absolute Gasteiger partial charge is 0.416 e. The monoisotopic (exact) mass is 550 g/mol. The van der Waals surface area contributed by atoms with Crippen molar-refractivity contribution < 1.29 is 26.1 Å². The second kappa shape index (κ2) is 10.1. The van der Waals surface area contributed by atoms with Crippen molar-refractivity contribution in [1.82, 2.24) is 9.78 Å². The van der Waals surface area contributed by atoms with Gasteiger partial charge in [0.25, 0.3) is 0 Å². The van der Waals surface area contributed by atoms with E-state index < -0.39 is 42.8 Å². The van der Waals surface area contributed by atoms with E-state index in [0.717, 1.165) is 4.68 Å². The quantitative estimate of drug-likeness (QED) is 0.427. The molecule has 0 bridgehead atoms. The zero-order valence-corrected chi connectivity index (χ0v) is 20.4. The lowest BCUT2D eigenvalue weighted by Gasteiger charge is -2.16. The van der Waals surface area contributed by atoms with Crippen LogP contribution in [0, 0.1) is 11.3 Å². The normalized spacial score (nSPS) is 12.9. The summed E-state index contributed by atoms with van der Waals surface area (Å²) in [7, 11) is -3.69. The molecule has 7 nitrogen and oxygen atoms in total. The van der Waals surface area contributed by atoms with Gasteiger partial charge in [0.15, 0.2) is 15.7 Å². The Morgan fingerprint density at radius 3 is 2.29 bits per heavy atom. The van der Waals surface area contributed by atoms with Gasteiger partial charge in [0.1, 0.15) is 18.0 Å². The average Bonchev–Trinajstić information content (AvgIpc) is 3.11. The van der Waals surface area contributed by atoms with Crippen LogP contribution in [0.5, 0.6) is 0 Å². The van der Waals surface area contributed by atoms with Crippen molar-refractivity contribution in [3.8, 4) is 11.8 Å². The first-order valence-corrected chi connectivity index (χ1v) is 13.3. The minimum atomic E-state index is -4.71. The van der Waals surface area contributed by atoms with Gasteiger partial charge in [0.2, 0.25) is 10.6 Å². The molecule has 180 valence electrons. The predicted molar refractivity (Wildman–Crippen MR) is 123 cm³/mol. The molecule has 0 aliphatic carbocycles. The lowest BCUT2D eigenvalue weighted by Crippen LogP contribution is -2.19. The number of nitriles is 1. The molecule has 0 aliphatic rings. The summed E-state index contributed by atoms with van der Waals surface area (Å²) in [6.45, 7) is -0.201. The van der Waals surface area contributed by atoms with Crippen LogP contribution in [0.4, 0.5) is 19.0 Å². The molecule has 0 saturated carbocycles. The van der Waals surface area contributed by atoms with Gasteiger partial charge in [-0.15, -0.1) is 5.10 Å². The molecule has 1 atom stereocenters. The van der Waals surface area contributed by atoms with Gasteiger partial charge in [-0.3, -0.25) is 0 Å². The molecule has 14 heteroatoms. The molecule has 3 aromatic rings. The third-order valence-corrected chi connectivity index (χ3v) is 7.83. The predicted octanol–water partition coefficient (Wildman–Crippen LogP) is 4.69. The van der Waals surface area contributed by atoms with Crippen molar-refractivity contribution in [2.24, 2.45) is 0 Å². The van der Waals surface area contributed by atoms with E-state index in [-0.39, 0.29) is 39.3 Å². The van der Waals surface area contributed by atoms with E-state index in [9.17, 15) is 31.4 Å². The molecule has 0 aliphatic heterocycles. The van der Waals surface area contributed by atoms with E-state index in [1.807, 2.05) is 0 Å². The van der Waals surface area contributed by atoms with Crippen LogP contribution in [0.25, 0.3) is 5.69 Å². The second-order valence-electron chi connectivity index (χ2n) is 6.85. The van der Waals surface area contributed by atoms with Crippen molar-refractivity contribution in [3.05, 3.63) is 63.8 Å². The number of alkyl halides is 3. The molecule has 1 unspecified atom stereocenters. The molecule has 0 spiro atoms. The highest BCUT2D eigenvalue weighted by molar-refractivity contribution is 7.91. The molecule has 2 aromatic carbocycles. The van der Waals surface area contributed by atoms with Gasteiger partial charge >= 0.3 is 6.18 Å². The van der Waals surface area contributed by atoms with Crippen LogP contribution in [0.3, 0.4) is 0 Å². The highest BCUT2D eigenvalue weighted by atomic mass is 35.5. The lowest BCUT2D eigenvalue weighted by molar-refractivity contribution is -0.137. The molecule has 0 amide bonds. The van der Waals surface area contributed by atoms with E-state index in [1.54, 1.807) is 24.3 Å². The highest BCUT2D eigenvalue weighted by Crippen LogP contribution is 2.39. The lowest BCUT2D eigenvalue weighted by atomic mass is 10.2. The van der Waals surface area contributed by atoms with E-state index in [1.165, 1.54) is 18.4 Å². The van der Waals surface area contributed by atoms with Crippen LogP contribution in [0.1, 0.15) is 11.3 Å². The van der Waals surface area contributed by atoms with Crippen LogP contribution in [-0.2, 0) is 27.2 Å². The standard InChI is InChI=1S/C20H15Cl2F3N4O3S2/c1-33(30)18-16(11-26)28-29(17-14(21)9-12(10-15(17)22)20(23,24)25)19(18)27-7-8-34(31,32)13-5-3-2-4-6-13/h2-6,9-10,27H,7-8H2,1H3. The fourth-order valence-corrected chi connectivity index (χ4v) is 5.66. The molecule has 34 heavy (non-hydrogen) atoms. The maximum atomic E-state index is 13.1. The Kier molecular flexibility index (Phi) is 7.74.